The number of hydrogen-bond acceptors (Lipinski definition) is 7. The van der Waals surface area contributed by atoms with Gasteiger partial charge in [0, 0.05) is 0 Å². The average Bonchev–Trinajstić information content (AvgIpc) is 2.90. The first-order chi connectivity index (χ1) is 18.5. The van der Waals surface area contributed by atoms with Crippen LogP contribution in [0, 0.1) is 0 Å². The Morgan fingerprint density at radius 1 is 0.923 bits per heavy atom. The molecule has 2 N–H and O–H groups in total. The summed E-state index contributed by atoms with van der Waals surface area (Å²) in [6.45, 7) is 4.70. The minimum atomic E-state index is -4.20. The molecular weight excluding hydrogens is 520 g/mol. The summed E-state index contributed by atoms with van der Waals surface area (Å²) in [6, 6.07) is 23.3. The SMILES string of the molecule is COc1ccc(S(=O)(=O)N(C[C@H](O)[C@H](Cc2ccccc2)NC(=O)OC(C)(C)C)OCc2ccccc2)cc1. The highest BCUT2D eigenvalue weighted by molar-refractivity contribution is 7.89. The number of hydroxylamine groups is 1. The van der Waals surface area contributed by atoms with Crippen molar-refractivity contribution in [1.82, 2.24) is 9.79 Å². The van der Waals surface area contributed by atoms with E-state index >= 15 is 0 Å². The highest BCUT2D eigenvalue weighted by atomic mass is 32.2. The smallest absolute Gasteiger partial charge is 0.407 e. The van der Waals surface area contributed by atoms with Gasteiger partial charge in [-0.05, 0) is 62.6 Å². The van der Waals surface area contributed by atoms with Crippen molar-refractivity contribution in [1.29, 1.82) is 0 Å². The van der Waals surface area contributed by atoms with E-state index in [-0.39, 0.29) is 17.9 Å². The monoisotopic (exact) mass is 556 g/mol. The maximum absolute atomic E-state index is 13.6. The third-order valence-electron chi connectivity index (χ3n) is 5.64. The summed E-state index contributed by atoms with van der Waals surface area (Å²) >= 11 is 0. The van der Waals surface area contributed by atoms with Gasteiger partial charge in [0.25, 0.3) is 10.0 Å². The molecule has 0 saturated carbocycles. The van der Waals surface area contributed by atoms with Crippen LogP contribution in [0.15, 0.2) is 89.8 Å². The molecular formula is C29H36N2O7S. The molecule has 0 unspecified atom stereocenters. The maximum Gasteiger partial charge on any atom is 0.407 e. The molecule has 0 saturated heterocycles. The van der Waals surface area contributed by atoms with Crippen LogP contribution in [0.3, 0.4) is 0 Å². The lowest BCUT2D eigenvalue weighted by Crippen LogP contribution is -2.51. The fourth-order valence-electron chi connectivity index (χ4n) is 3.70. The van der Waals surface area contributed by atoms with Crippen molar-refractivity contribution < 1.29 is 32.6 Å². The minimum absolute atomic E-state index is 0.0386. The number of rotatable bonds is 12. The van der Waals surface area contributed by atoms with Crippen molar-refractivity contribution in [2.45, 2.75) is 56.4 Å². The number of nitrogens with zero attached hydrogens (tertiary/aromatic N) is 1. The number of alkyl carbamates (subject to hydrolysis) is 1. The van der Waals surface area contributed by atoms with Crippen LogP contribution in [0.5, 0.6) is 5.75 Å². The molecule has 0 spiro atoms. The van der Waals surface area contributed by atoms with Gasteiger partial charge in [-0.15, -0.1) is 0 Å². The number of nitrogens with one attached hydrogen (secondary N) is 1. The highest BCUT2D eigenvalue weighted by Crippen LogP contribution is 2.22. The van der Waals surface area contributed by atoms with Gasteiger partial charge < -0.3 is 19.9 Å². The number of ether oxygens (including phenoxy) is 2. The molecule has 0 radical (unpaired) electrons. The molecule has 3 rings (SSSR count). The number of sulfonamides is 1. The van der Waals surface area contributed by atoms with Crippen LogP contribution in [-0.4, -0.2) is 55.5 Å². The summed E-state index contributed by atoms with van der Waals surface area (Å²) in [5, 5.41) is 14.0. The number of amides is 1. The van der Waals surface area contributed by atoms with E-state index in [4.69, 9.17) is 14.3 Å². The molecule has 0 heterocycles. The van der Waals surface area contributed by atoms with E-state index < -0.39 is 40.4 Å². The Morgan fingerprint density at radius 3 is 2.03 bits per heavy atom. The van der Waals surface area contributed by atoms with Gasteiger partial charge >= 0.3 is 6.09 Å². The van der Waals surface area contributed by atoms with Crippen LogP contribution >= 0.6 is 0 Å². The number of carbonyl (C=O) groups is 1. The molecule has 0 aliphatic heterocycles. The summed E-state index contributed by atoms with van der Waals surface area (Å²) in [5.74, 6) is 0.496. The third kappa shape index (κ3) is 9.36. The Hall–Kier alpha value is -3.44. The molecule has 10 heteroatoms. The Labute approximate surface area is 230 Å². The highest BCUT2D eigenvalue weighted by Gasteiger charge is 2.33. The van der Waals surface area contributed by atoms with Crippen LogP contribution in [0.4, 0.5) is 4.79 Å². The van der Waals surface area contributed by atoms with E-state index in [0.717, 1.165) is 15.6 Å². The second-order valence-electron chi connectivity index (χ2n) is 9.93. The van der Waals surface area contributed by atoms with Gasteiger partial charge in [-0.1, -0.05) is 65.1 Å². The molecule has 0 bridgehead atoms. The van der Waals surface area contributed by atoms with Crippen LogP contribution in [0.2, 0.25) is 0 Å². The number of benzene rings is 3. The summed E-state index contributed by atoms with van der Waals surface area (Å²) in [6.07, 6.45) is -1.84. The molecule has 3 aromatic carbocycles. The lowest BCUT2D eigenvalue weighted by Gasteiger charge is -2.30. The fourth-order valence-corrected chi connectivity index (χ4v) is 4.95. The molecule has 0 fully saturated rings. The van der Waals surface area contributed by atoms with Crippen LogP contribution < -0.4 is 10.1 Å². The fraction of sp³-hybridized carbons (Fsp3) is 0.345. The number of aliphatic hydroxyl groups is 1. The molecule has 39 heavy (non-hydrogen) atoms. The predicted molar refractivity (Wildman–Crippen MR) is 147 cm³/mol. The normalized spacial score (nSPS) is 13.5. The molecule has 0 aliphatic rings. The van der Waals surface area contributed by atoms with Gasteiger partial charge in [-0.2, -0.15) is 0 Å². The molecule has 0 aliphatic carbocycles. The Morgan fingerprint density at radius 2 is 1.49 bits per heavy atom. The zero-order valence-electron chi connectivity index (χ0n) is 22.6. The van der Waals surface area contributed by atoms with Crippen molar-refractivity contribution in [3.05, 3.63) is 96.1 Å². The Balaban J connectivity index is 1.88. The zero-order chi connectivity index (χ0) is 28.5. The Bertz CT molecular complexity index is 1280. The van der Waals surface area contributed by atoms with Crippen LogP contribution in [0.1, 0.15) is 31.9 Å². The van der Waals surface area contributed by atoms with Gasteiger partial charge in [-0.25, -0.2) is 13.2 Å². The first kappa shape index (κ1) is 30.1. The zero-order valence-corrected chi connectivity index (χ0v) is 23.4. The van der Waals surface area contributed by atoms with Gasteiger partial charge in [0.2, 0.25) is 0 Å². The minimum Gasteiger partial charge on any atom is -0.497 e. The van der Waals surface area contributed by atoms with Gasteiger partial charge in [0.05, 0.1) is 37.3 Å². The maximum atomic E-state index is 13.6. The largest absolute Gasteiger partial charge is 0.497 e. The van der Waals surface area contributed by atoms with Gasteiger partial charge in [0.1, 0.15) is 11.4 Å². The predicted octanol–water partition coefficient (Wildman–Crippen LogP) is 4.31. The van der Waals surface area contributed by atoms with Crippen molar-refractivity contribution in [2.24, 2.45) is 0 Å². The molecule has 0 aromatic heterocycles. The molecule has 9 nitrogen and oxygen atoms in total. The average molecular weight is 557 g/mol. The van der Waals surface area contributed by atoms with Crippen molar-refractivity contribution in [3.8, 4) is 5.75 Å². The summed E-state index contributed by atoms with van der Waals surface area (Å²) in [4.78, 5) is 18.4. The van der Waals surface area contributed by atoms with E-state index in [1.54, 1.807) is 32.9 Å². The van der Waals surface area contributed by atoms with E-state index in [1.807, 2.05) is 48.5 Å². The second kappa shape index (κ2) is 13.6. The Kier molecular flexibility index (Phi) is 10.5. The van der Waals surface area contributed by atoms with E-state index in [9.17, 15) is 18.3 Å². The molecule has 3 aromatic rings. The van der Waals surface area contributed by atoms with Crippen molar-refractivity contribution in [2.75, 3.05) is 13.7 Å². The first-order valence-electron chi connectivity index (χ1n) is 12.5. The van der Waals surface area contributed by atoms with E-state index in [0.29, 0.717) is 5.75 Å². The number of carbonyl (C=O) groups excluding carboxylic acids is 1. The molecule has 2 atom stereocenters. The standard InChI is InChI=1S/C29H36N2O7S/c1-29(2,3)38-28(33)30-26(19-22-11-7-5-8-12-22)27(32)20-31(37-21-23-13-9-6-10-14-23)39(34,35)25-17-15-24(36-4)16-18-25/h5-18,26-27,32H,19-21H2,1-4H3,(H,30,33)/t26-,27-/m0/s1. The summed E-state index contributed by atoms with van der Waals surface area (Å²) < 4.78 is 38.5. The quantitative estimate of drug-likeness (QED) is 0.320. The third-order valence-corrected chi connectivity index (χ3v) is 7.30. The second-order valence-corrected chi connectivity index (χ2v) is 11.8. The first-order valence-corrected chi connectivity index (χ1v) is 14.0. The topological polar surface area (TPSA) is 114 Å². The number of aliphatic hydroxyl groups excluding tert-OH is 1. The van der Waals surface area contributed by atoms with Gasteiger partial charge in [-0.3, -0.25) is 4.84 Å². The van der Waals surface area contributed by atoms with Crippen molar-refractivity contribution in [3.63, 3.8) is 0 Å². The van der Waals surface area contributed by atoms with Crippen molar-refractivity contribution >= 4 is 16.1 Å². The van der Waals surface area contributed by atoms with Crippen LogP contribution in [-0.2, 0) is 32.6 Å². The van der Waals surface area contributed by atoms with E-state index in [1.165, 1.54) is 31.4 Å². The van der Waals surface area contributed by atoms with Crippen LogP contribution in [0.25, 0.3) is 0 Å². The summed E-state index contributed by atoms with van der Waals surface area (Å²) in [5.41, 5.74) is 0.830. The number of hydrogen-bond donors (Lipinski definition) is 2. The molecule has 210 valence electrons. The summed E-state index contributed by atoms with van der Waals surface area (Å²) in [7, 11) is -2.72. The van der Waals surface area contributed by atoms with E-state index in [2.05, 4.69) is 5.32 Å². The lowest BCUT2D eigenvalue weighted by atomic mass is 10.0. The lowest BCUT2D eigenvalue weighted by molar-refractivity contribution is -0.116. The number of methoxy groups -OCH3 is 1. The molecule has 1 amide bonds. The van der Waals surface area contributed by atoms with Gasteiger partial charge in [0.15, 0.2) is 0 Å².